The maximum absolute atomic E-state index is 12.6. The summed E-state index contributed by atoms with van der Waals surface area (Å²) in [7, 11) is 0. The van der Waals surface area contributed by atoms with Crippen molar-refractivity contribution >= 4 is 23.2 Å². The molecule has 20 heavy (non-hydrogen) atoms. The van der Waals surface area contributed by atoms with Crippen molar-refractivity contribution < 1.29 is 4.79 Å². The molecule has 1 aromatic carbocycles. The zero-order valence-electron chi connectivity index (χ0n) is 11.9. The van der Waals surface area contributed by atoms with Gasteiger partial charge in [0.25, 0.3) is 5.91 Å². The Balaban J connectivity index is 2.39. The van der Waals surface area contributed by atoms with Gasteiger partial charge in [-0.15, -0.1) is 0 Å². The van der Waals surface area contributed by atoms with E-state index < -0.39 is 0 Å². The number of halogens is 1. The van der Waals surface area contributed by atoms with Crippen LogP contribution in [-0.2, 0) is 0 Å². The number of hydrogen-bond donors (Lipinski definition) is 0. The SMILES string of the molecule is CCN(C(=O)c1ccnc(Cl)c1)c1cc(C)cc(C)c1. The summed E-state index contributed by atoms with van der Waals surface area (Å²) in [5, 5.41) is 0.326. The molecular formula is C16H17ClN2O. The molecule has 0 aliphatic carbocycles. The number of nitrogens with zero attached hydrogens (tertiary/aromatic N) is 2. The molecule has 4 heteroatoms. The van der Waals surface area contributed by atoms with Gasteiger partial charge < -0.3 is 4.90 Å². The lowest BCUT2D eigenvalue weighted by molar-refractivity contribution is 0.0988. The van der Waals surface area contributed by atoms with Crippen molar-refractivity contribution in [1.82, 2.24) is 4.98 Å². The lowest BCUT2D eigenvalue weighted by Gasteiger charge is -2.22. The van der Waals surface area contributed by atoms with E-state index >= 15 is 0 Å². The lowest BCUT2D eigenvalue weighted by atomic mass is 10.1. The number of hydrogen-bond acceptors (Lipinski definition) is 2. The van der Waals surface area contributed by atoms with Crippen molar-refractivity contribution in [2.24, 2.45) is 0 Å². The number of benzene rings is 1. The Hall–Kier alpha value is -1.87. The lowest BCUT2D eigenvalue weighted by Crippen LogP contribution is -2.30. The van der Waals surface area contributed by atoms with Crippen molar-refractivity contribution in [3.63, 3.8) is 0 Å². The number of anilines is 1. The second kappa shape index (κ2) is 6.06. The van der Waals surface area contributed by atoms with Crippen molar-refractivity contribution in [3.8, 4) is 0 Å². The van der Waals surface area contributed by atoms with E-state index in [2.05, 4.69) is 11.1 Å². The van der Waals surface area contributed by atoms with Crippen molar-refractivity contribution in [2.75, 3.05) is 11.4 Å². The molecule has 0 saturated heterocycles. The van der Waals surface area contributed by atoms with Gasteiger partial charge in [0.2, 0.25) is 0 Å². The summed E-state index contributed by atoms with van der Waals surface area (Å²) in [6.45, 7) is 6.61. The Morgan fingerprint density at radius 1 is 1.20 bits per heavy atom. The predicted octanol–water partition coefficient (Wildman–Crippen LogP) is 4.02. The Morgan fingerprint density at radius 3 is 2.40 bits per heavy atom. The first-order chi connectivity index (χ1) is 9.51. The third-order valence-electron chi connectivity index (χ3n) is 3.05. The number of carbonyl (C=O) groups excluding carboxylic acids is 1. The van der Waals surface area contributed by atoms with Gasteiger partial charge in [0.15, 0.2) is 0 Å². The topological polar surface area (TPSA) is 33.2 Å². The van der Waals surface area contributed by atoms with Gasteiger partial charge in [-0.2, -0.15) is 0 Å². The standard InChI is InChI=1S/C16H17ClN2O/c1-4-19(14-8-11(2)7-12(3)9-14)16(20)13-5-6-18-15(17)10-13/h5-10H,4H2,1-3H3. The molecule has 0 radical (unpaired) electrons. The van der Waals surface area contributed by atoms with Crippen LogP contribution in [0.4, 0.5) is 5.69 Å². The molecule has 104 valence electrons. The molecule has 0 N–H and O–H groups in total. The van der Waals surface area contributed by atoms with E-state index in [1.54, 1.807) is 23.2 Å². The van der Waals surface area contributed by atoms with Crippen LogP contribution < -0.4 is 4.90 Å². The highest BCUT2D eigenvalue weighted by molar-refractivity contribution is 6.29. The van der Waals surface area contributed by atoms with Crippen LogP contribution in [0.25, 0.3) is 0 Å². The average molecular weight is 289 g/mol. The summed E-state index contributed by atoms with van der Waals surface area (Å²) in [4.78, 5) is 18.2. The average Bonchev–Trinajstić information content (AvgIpc) is 2.38. The van der Waals surface area contributed by atoms with Gasteiger partial charge in [-0.1, -0.05) is 17.7 Å². The van der Waals surface area contributed by atoms with Gasteiger partial charge in [0.05, 0.1) is 0 Å². The smallest absolute Gasteiger partial charge is 0.258 e. The van der Waals surface area contributed by atoms with Crippen LogP contribution in [0.2, 0.25) is 5.15 Å². The van der Waals surface area contributed by atoms with E-state index in [1.165, 1.54) is 0 Å². The molecule has 2 aromatic rings. The Labute approximate surface area is 124 Å². The summed E-state index contributed by atoms with van der Waals surface area (Å²) < 4.78 is 0. The molecule has 1 aromatic heterocycles. The zero-order valence-corrected chi connectivity index (χ0v) is 12.6. The summed E-state index contributed by atoms with van der Waals surface area (Å²) >= 11 is 5.85. The van der Waals surface area contributed by atoms with E-state index in [4.69, 9.17) is 11.6 Å². The first kappa shape index (κ1) is 14.5. The maximum Gasteiger partial charge on any atom is 0.258 e. The molecule has 0 aliphatic rings. The van der Waals surface area contributed by atoms with Crippen LogP contribution >= 0.6 is 11.6 Å². The summed E-state index contributed by atoms with van der Waals surface area (Å²) in [5.74, 6) is -0.0678. The molecule has 0 unspecified atom stereocenters. The Bertz CT molecular complexity index is 620. The van der Waals surface area contributed by atoms with E-state index in [0.29, 0.717) is 17.3 Å². The largest absolute Gasteiger partial charge is 0.309 e. The van der Waals surface area contributed by atoms with Crippen LogP contribution in [0.15, 0.2) is 36.5 Å². The van der Waals surface area contributed by atoms with E-state index in [0.717, 1.165) is 16.8 Å². The van der Waals surface area contributed by atoms with Crippen molar-refractivity contribution in [3.05, 3.63) is 58.4 Å². The molecule has 0 atom stereocenters. The minimum atomic E-state index is -0.0678. The van der Waals surface area contributed by atoms with Gasteiger partial charge in [-0.25, -0.2) is 4.98 Å². The molecule has 0 saturated carbocycles. The normalized spacial score (nSPS) is 10.4. The maximum atomic E-state index is 12.6. The highest BCUT2D eigenvalue weighted by Gasteiger charge is 2.17. The van der Waals surface area contributed by atoms with Gasteiger partial charge >= 0.3 is 0 Å². The number of carbonyl (C=O) groups is 1. The minimum Gasteiger partial charge on any atom is -0.309 e. The minimum absolute atomic E-state index is 0.0678. The van der Waals surface area contributed by atoms with Crippen molar-refractivity contribution in [1.29, 1.82) is 0 Å². The third kappa shape index (κ3) is 3.17. The van der Waals surface area contributed by atoms with Gasteiger partial charge in [-0.05, 0) is 56.2 Å². The first-order valence-corrected chi connectivity index (χ1v) is 6.90. The zero-order chi connectivity index (χ0) is 14.7. The summed E-state index contributed by atoms with van der Waals surface area (Å²) in [5.41, 5.74) is 3.73. The quantitative estimate of drug-likeness (QED) is 0.799. The molecule has 0 bridgehead atoms. The predicted molar refractivity (Wildman–Crippen MR) is 82.5 cm³/mol. The summed E-state index contributed by atoms with van der Waals surface area (Å²) in [6, 6.07) is 9.38. The Morgan fingerprint density at radius 2 is 1.85 bits per heavy atom. The highest BCUT2D eigenvalue weighted by Crippen LogP contribution is 2.21. The van der Waals surface area contributed by atoms with Crippen LogP contribution in [0, 0.1) is 13.8 Å². The fraction of sp³-hybridized carbons (Fsp3) is 0.250. The summed E-state index contributed by atoms with van der Waals surface area (Å²) in [6.07, 6.45) is 1.55. The second-order valence-corrected chi connectivity index (χ2v) is 5.15. The number of aryl methyl sites for hydroxylation is 2. The molecule has 2 rings (SSSR count). The van der Waals surface area contributed by atoms with Crippen LogP contribution in [-0.4, -0.2) is 17.4 Å². The number of aromatic nitrogens is 1. The van der Waals surface area contributed by atoms with Crippen LogP contribution in [0.3, 0.4) is 0 Å². The molecule has 0 fully saturated rings. The molecule has 1 heterocycles. The second-order valence-electron chi connectivity index (χ2n) is 4.76. The molecule has 0 spiro atoms. The van der Waals surface area contributed by atoms with E-state index in [1.807, 2.05) is 32.9 Å². The Kier molecular flexibility index (Phi) is 4.40. The third-order valence-corrected chi connectivity index (χ3v) is 3.26. The highest BCUT2D eigenvalue weighted by atomic mass is 35.5. The van der Waals surface area contributed by atoms with Gasteiger partial charge in [0, 0.05) is 24.0 Å². The fourth-order valence-electron chi connectivity index (χ4n) is 2.24. The molecular weight excluding hydrogens is 272 g/mol. The fourth-order valence-corrected chi connectivity index (χ4v) is 2.42. The molecule has 1 amide bonds. The number of amides is 1. The van der Waals surface area contributed by atoms with E-state index in [9.17, 15) is 4.79 Å². The van der Waals surface area contributed by atoms with Crippen LogP contribution in [0.1, 0.15) is 28.4 Å². The number of pyridine rings is 1. The van der Waals surface area contributed by atoms with E-state index in [-0.39, 0.29) is 5.91 Å². The van der Waals surface area contributed by atoms with Crippen molar-refractivity contribution in [2.45, 2.75) is 20.8 Å². The van der Waals surface area contributed by atoms with Gasteiger partial charge in [-0.3, -0.25) is 4.79 Å². The van der Waals surface area contributed by atoms with Crippen LogP contribution in [0.5, 0.6) is 0 Å². The monoisotopic (exact) mass is 288 g/mol. The number of rotatable bonds is 3. The first-order valence-electron chi connectivity index (χ1n) is 6.53. The molecule has 3 nitrogen and oxygen atoms in total. The molecule has 0 aliphatic heterocycles. The van der Waals surface area contributed by atoms with Gasteiger partial charge in [0.1, 0.15) is 5.15 Å².